The third kappa shape index (κ3) is 4.79. The molecular formula is C23H24N6O2S. The van der Waals surface area contributed by atoms with E-state index in [0.29, 0.717) is 24.8 Å². The molecule has 0 aliphatic carbocycles. The van der Waals surface area contributed by atoms with Crippen molar-refractivity contribution in [3.05, 3.63) is 65.9 Å². The van der Waals surface area contributed by atoms with Crippen LogP contribution in [0.3, 0.4) is 0 Å². The van der Waals surface area contributed by atoms with Gasteiger partial charge in [0.05, 0.1) is 11.4 Å². The number of hydrogen-bond donors (Lipinski definition) is 0. The molecule has 0 N–H and O–H groups in total. The first-order valence-electron chi connectivity index (χ1n) is 10.7. The molecular weight excluding hydrogens is 424 g/mol. The summed E-state index contributed by atoms with van der Waals surface area (Å²) in [5.41, 5.74) is 1.82. The minimum absolute atomic E-state index is 0.0959. The third-order valence-corrected chi connectivity index (χ3v) is 6.40. The standard InChI is InChI=1S/C23H24N6O2S/c30-22(17-29-12-9-19(25-29)20-8-4-15-32-20)28-11-5-10-27(13-14-28)16-21-24-23(31-26-21)18-6-2-1-3-7-18/h1-4,6-9,12,15H,5,10-11,13-14,16-17H2. The second kappa shape index (κ2) is 9.46. The van der Waals surface area contributed by atoms with E-state index in [0.717, 1.165) is 42.2 Å². The van der Waals surface area contributed by atoms with Gasteiger partial charge < -0.3 is 9.42 Å². The van der Waals surface area contributed by atoms with Crippen molar-refractivity contribution >= 4 is 17.2 Å². The first-order chi connectivity index (χ1) is 15.7. The summed E-state index contributed by atoms with van der Waals surface area (Å²) in [5, 5.41) is 10.7. The van der Waals surface area contributed by atoms with Crippen molar-refractivity contribution in [3.63, 3.8) is 0 Å². The molecule has 1 amide bonds. The molecule has 0 unspecified atom stereocenters. The van der Waals surface area contributed by atoms with Crippen LogP contribution >= 0.6 is 11.3 Å². The Morgan fingerprint density at radius 1 is 1.03 bits per heavy atom. The summed E-state index contributed by atoms with van der Waals surface area (Å²) in [7, 11) is 0. The monoisotopic (exact) mass is 448 g/mol. The maximum atomic E-state index is 12.9. The summed E-state index contributed by atoms with van der Waals surface area (Å²) in [5.74, 6) is 1.30. The zero-order valence-corrected chi connectivity index (χ0v) is 18.4. The first-order valence-corrected chi connectivity index (χ1v) is 11.6. The summed E-state index contributed by atoms with van der Waals surface area (Å²) in [6.07, 6.45) is 2.78. The molecule has 4 heterocycles. The quantitative estimate of drug-likeness (QED) is 0.450. The molecule has 1 aliphatic heterocycles. The number of thiophene rings is 1. The highest BCUT2D eigenvalue weighted by molar-refractivity contribution is 7.13. The molecule has 1 aromatic carbocycles. The Kier molecular flexibility index (Phi) is 6.09. The van der Waals surface area contributed by atoms with Crippen LogP contribution < -0.4 is 0 Å². The second-order valence-electron chi connectivity index (χ2n) is 7.77. The van der Waals surface area contributed by atoms with Gasteiger partial charge in [0.1, 0.15) is 12.2 Å². The minimum atomic E-state index is 0.0959. The van der Waals surface area contributed by atoms with Gasteiger partial charge in [-0.15, -0.1) is 11.3 Å². The topological polar surface area (TPSA) is 80.3 Å². The van der Waals surface area contributed by atoms with Crippen molar-refractivity contribution < 1.29 is 9.32 Å². The smallest absolute Gasteiger partial charge is 0.257 e. The highest BCUT2D eigenvalue weighted by Gasteiger charge is 2.21. The van der Waals surface area contributed by atoms with Gasteiger partial charge in [-0.2, -0.15) is 10.1 Å². The van der Waals surface area contributed by atoms with E-state index >= 15 is 0 Å². The fraction of sp³-hybridized carbons (Fsp3) is 0.304. The van der Waals surface area contributed by atoms with Crippen LogP contribution in [0.1, 0.15) is 12.2 Å². The fourth-order valence-corrected chi connectivity index (χ4v) is 4.53. The Morgan fingerprint density at radius 3 is 2.78 bits per heavy atom. The van der Waals surface area contributed by atoms with Gasteiger partial charge in [-0.3, -0.25) is 14.4 Å². The van der Waals surface area contributed by atoms with Crippen molar-refractivity contribution in [1.82, 2.24) is 29.7 Å². The van der Waals surface area contributed by atoms with Crippen molar-refractivity contribution in [2.24, 2.45) is 0 Å². The third-order valence-electron chi connectivity index (χ3n) is 5.51. The van der Waals surface area contributed by atoms with Crippen LogP contribution in [0, 0.1) is 0 Å². The lowest BCUT2D eigenvalue weighted by Crippen LogP contribution is -2.37. The first kappa shape index (κ1) is 20.6. The predicted octanol–water partition coefficient (Wildman–Crippen LogP) is 3.40. The van der Waals surface area contributed by atoms with Gasteiger partial charge in [-0.25, -0.2) is 0 Å². The van der Waals surface area contributed by atoms with Crippen molar-refractivity contribution in [2.75, 3.05) is 26.2 Å². The van der Waals surface area contributed by atoms with Crippen LogP contribution in [-0.2, 0) is 17.9 Å². The van der Waals surface area contributed by atoms with Gasteiger partial charge in [0.25, 0.3) is 5.89 Å². The van der Waals surface area contributed by atoms with Gasteiger partial charge >= 0.3 is 0 Å². The molecule has 32 heavy (non-hydrogen) atoms. The molecule has 0 radical (unpaired) electrons. The lowest BCUT2D eigenvalue weighted by molar-refractivity contribution is -0.131. The molecule has 0 spiro atoms. The van der Waals surface area contributed by atoms with Crippen molar-refractivity contribution in [1.29, 1.82) is 0 Å². The van der Waals surface area contributed by atoms with E-state index in [1.807, 2.05) is 65.0 Å². The van der Waals surface area contributed by atoms with Gasteiger partial charge in [0, 0.05) is 37.9 Å². The van der Waals surface area contributed by atoms with Crippen LogP contribution in [0.15, 0.2) is 64.6 Å². The molecule has 3 aromatic heterocycles. The van der Waals surface area contributed by atoms with E-state index in [9.17, 15) is 4.79 Å². The van der Waals surface area contributed by atoms with Gasteiger partial charge in [0.15, 0.2) is 5.82 Å². The molecule has 0 bridgehead atoms. The molecule has 8 nitrogen and oxygen atoms in total. The Labute approximate surface area is 190 Å². The lowest BCUT2D eigenvalue weighted by atomic mass is 10.2. The van der Waals surface area contributed by atoms with Crippen molar-refractivity contribution in [3.8, 4) is 22.0 Å². The average Bonchev–Trinajstić information content (AvgIpc) is 3.56. The molecule has 0 atom stereocenters. The number of carbonyl (C=O) groups excluding carboxylic acids is 1. The van der Waals surface area contributed by atoms with Crippen LogP contribution in [0.5, 0.6) is 0 Å². The molecule has 5 rings (SSSR count). The summed E-state index contributed by atoms with van der Waals surface area (Å²) in [6.45, 7) is 3.97. The van der Waals surface area contributed by atoms with Gasteiger partial charge in [-0.1, -0.05) is 29.4 Å². The molecule has 0 saturated carbocycles. The van der Waals surface area contributed by atoms with E-state index in [2.05, 4.69) is 20.1 Å². The highest BCUT2D eigenvalue weighted by Crippen LogP contribution is 2.22. The SMILES string of the molecule is O=C(Cn1ccc(-c2cccs2)n1)N1CCCN(Cc2noc(-c3ccccc3)n2)CC1. The van der Waals surface area contributed by atoms with Crippen LogP contribution in [0.4, 0.5) is 0 Å². The van der Waals surface area contributed by atoms with Gasteiger partial charge in [0.2, 0.25) is 5.91 Å². The molecule has 1 saturated heterocycles. The van der Waals surface area contributed by atoms with E-state index in [4.69, 9.17) is 4.52 Å². The Balaban J connectivity index is 1.15. The number of amides is 1. The summed E-state index contributed by atoms with van der Waals surface area (Å²) in [4.78, 5) is 22.7. The predicted molar refractivity (Wildman–Crippen MR) is 122 cm³/mol. The molecule has 9 heteroatoms. The lowest BCUT2D eigenvalue weighted by Gasteiger charge is -2.21. The zero-order valence-electron chi connectivity index (χ0n) is 17.6. The molecule has 1 aliphatic rings. The normalized spacial score (nSPS) is 15.1. The largest absolute Gasteiger partial charge is 0.340 e. The Hall–Kier alpha value is -3.30. The van der Waals surface area contributed by atoms with Gasteiger partial charge in [-0.05, 0) is 36.1 Å². The highest BCUT2D eigenvalue weighted by atomic mass is 32.1. The fourth-order valence-electron chi connectivity index (χ4n) is 3.84. The van der Waals surface area contributed by atoms with Crippen LogP contribution in [0.2, 0.25) is 0 Å². The summed E-state index contributed by atoms with van der Waals surface area (Å²) < 4.78 is 7.14. The number of hydrogen-bond acceptors (Lipinski definition) is 7. The van der Waals surface area contributed by atoms with E-state index in [1.54, 1.807) is 16.0 Å². The van der Waals surface area contributed by atoms with E-state index in [1.165, 1.54) is 0 Å². The Morgan fingerprint density at radius 2 is 1.94 bits per heavy atom. The van der Waals surface area contributed by atoms with Crippen LogP contribution in [-0.4, -0.2) is 61.8 Å². The maximum absolute atomic E-state index is 12.9. The number of carbonyl (C=O) groups is 1. The molecule has 1 fully saturated rings. The number of rotatable bonds is 6. The number of benzene rings is 1. The molecule has 164 valence electrons. The van der Waals surface area contributed by atoms with E-state index in [-0.39, 0.29) is 12.5 Å². The molecule has 4 aromatic rings. The second-order valence-corrected chi connectivity index (χ2v) is 8.72. The number of nitrogens with zero attached hydrogens (tertiary/aromatic N) is 6. The number of aromatic nitrogens is 4. The summed E-state index contributed by atoms with van der Waals surface area (Å²) in [6, 6.07) is 15.8. The minimum Gasteiger partial charge on any atom is -0.340 e. The zero-order chi connectivity index (χ0) is 21.8. The van der Waals surface area contributed by atoms with Crippen LogP contribution in [0.25, 0.3) is 22.0 Å². The average molecular weight is 449 g/mol. The van der Waals surface area contributed by atoms with E-state index < -0.39 is 0 Å². The maximum Gasteiger partial charge on any atom is 0.257 e. The van der Waals surface area contributed by atoms with Crippen molar-refractivity contribution in [2.45, 2.75) is 19.5 Å². The Bertz CT molecular complexity index is 1150. The summed E-state index contributed by atoms with van der Waals surface area (Å²) >= 11 is 1.65.